The number of nitrogens with two attached hydrogens (primary N) is 1. The van der Waals surface area contributed by atoms with E-state index in [0.29, 0.717) is 6.42 Å². The third kappa shape index (κ3) is 16.5. The van der Waals surface area contributed by atoms with Gasteiger partial charge in [0.25, 0.3) is 0 Å². The van der Waals surface area contributed by atoms with E-state index in [-0.39, 0.29) is 48.4 Å². The summed E-state index contributed by atoms with van der Waals surface area (Å²) in [6.45, 7) is 1.48. The molecule has 0 bridgehead atoms. The summed E-state index contributed by atoms with van der Waals surface area (Å²) in [6.07, 6.45) is 14.5. The van der Waals surface area contributed by atoms with E-state index >= 15 is 0 Å². The molecule has 2 heterocycles. The van der Waals surface area contributed by atoms with E-state index in [9.17, 15) is 28.8 Å². The number of aliphatic hydroxyl groups excluding tert-OH is 1. The summed E-state index contributed by atoms with van der Waals surface area (Å²) in [5.41, 5.74) is 4.77. The monoisotopic (exact) mass is 634 g/mol. The van der Waals surface area contributed by atoms with Crippen LogP contribution in [0.5, 0.6) is 0 Å². The van der Waals surface area contributed by atoms with Crippen molar-refractivity contribution >= 4 is 21.5 Å². The largest absolute Gasteiger partial charge is 1.00 e. The van der Waals surface area contributed by atoms with E-state index in [1.807, 2.05) is 0 Å². The van der Waals surface area contributed by atoms with E-state index < -0.39 is 46.4 Å². The Balaban J connectivity index is 0.00000840. The first kappa shape index (κ1) is 38.9. The Kier molecular flexibility index (Phi) is 19.7. The minimum atomic E-state index is -5.02. The van der Waals surface area contributed by atoms with Gasteiger partial charge in [-0.3, -0.25) is 13.6 Å². The van der Waals surface area contributed by atoms with Gasteiger partial charge in [0.05, 0.1) is 19.3 Å². The van der Waals surface area contributed by atoms with Crippen molar-refractivity contribution in [3.05, 3.63) is 22.7 Å². The second kappa shape index (κ2) is 20.7. The smallest absolute Gasteiger partial charge is 0.390 e. The van der Waals surface area contributed by atoms with Crippen LogP contribution in [-0.4, -0.2) is 49.9 Å². The fourth-order valence-electron chi connectivity index (χ4n) is 4.50. The van der Waals surface area contributed by atoms with Gasteiger partial charge in [-0.05, 0) is 12.5 Å². The number of ether oxygens (including phenoxy) is 1. The minimum absolute atomic E-state index is 0. The quantitative estimate of drug-likeness (QED) is 0.0827. The Hall–Kier alpha value is -0.140. The molecule has 1 fully saturated rings. The SMILES string of the molecule is CCCCCCCCCCCCCCCCOP(=O)(O)OP(=O)(O)OCC1OC(n2ccc(N)nc2=O)CC1O.[Na+]. The maximum atomic E-state index is 12.2. The molecule has 0 radical (unpaired) electrons. The molecular formula is C25H47N3NaO10P2+. The Labute approximate surface area is 265 Å². The van der Waals surface area contributed by atoms with Gasteiger partial charge in [0, 0.05) is 12.6 Å². The van der Waals surface area contributed by atoms with Gasteiger partial charge in [-0.2, -0.15) is 9.29 Å². The summed E-state index contributed by atoms with van der Waals surface area (Å²) < 4.78 is 44.8. The Morgan fingerprint density at radius 1 is 0.951 bits per heavy atom. The number of unbranched alkanes of at least 4 members (excludes halogenated alkanes) is 13. The van der Waals surface area contributed by atoms with Crippen LogP contribution in [0.15, 0.2) is 17.1 Å². The molecule has 0 aliphatic carbocycles. The van der Waals surface area contributed by atoms with Gasteiger partial charge in [0.15, 0.2) is 0 Å². The molecule has 16 heteroatoms. The molecule has 13 nitrogen and oxygen atoms in total. The zero-order valence-electron chi connectivity index (χ0n) is 24.5. The maximum Gasteiger partial charge on any atom is 1.00 e. The molecule has 0 amide bonds. The fraction of sp³-hybridized carbons (Fsp3) is 0.840. The van der Waals surface area contributed by atoms with Crippen LogP contribution in [0.2, 0.25) is 0 Å². The Morgan fingerprint density at radius 2 is 1.46 bits per heavy atom. The predicted molar refractivity (Wildman–Crippen MR) is 150 cm³/mol. The first-order chi connectivity index (χ1) is 19.0. The van der Waals surface area contributed by atoms with E-state index in [0.717, 1.165) is 30.3 Å². The van der Waals surface area contributed by atoms with E-state index in [4.69, 9.17) is 19.5 Å². The average molecular weight is 635 g/mol. The van der Waals surface area contributed by atoms with Crippen molar-refractivity contribution in [2.45, 2.75) is 122 Å². The van der Waals surface area contributed by atoms with Crippen molar-refractivity contribution in [2.24, 2.45) is 0 Å². The molecule has 5 N–H and O–H groups in total. The van der Waals surface area contributed by atoms with Crippen LogP contribution in [0.1, 0.15) is 109 Å². The Morgan fingerprint density at radius 3 is 2.00 bits per heavy atom. The molecule has 1 aliphatic rings. The number of rotatable bonds is 22. The molecule has 0 aromatic carbocycles. The van der Waals surface area contributed by atoms with Crippen LogP contribution in [0, 0.1) is 0 Å². The minimum Gasteiger partial charge on any atom is -0.390 e. The molecule has 1 aliphatic heterocycles. The number of phosphoric acid groups is 2. The van der Waals surface area contributed by atoms with E-state index in [1.165, 1.54) is 70.1 Å². The van der Waals surface area contributed by atoms with Crippen molar-refractivity contribution in [1.29, 1.82) is 0 Å². The van der Waals surface area contributed by atoms with E-state index in [2.05, 4.69) is 16.2 Å². The van der Waals surface area contributed by atoms with Gasteiger partial charge >= 0.3 is 50.9 Å². The summed E-state index contributed by atoms with van der Waals surface area (Å²) in [5, 5.41) is 10.2. The van der Waals surface area contributed by atoms with Crippen LogP contribution in [-0.2, 0) is 27.2 Å². The van der Waals surface area contributed by atoms with Crippen molar-refractivity contribution in [3.8, 4) is 0 Å². The third-order valence-electron chi connectivity index (χ3n) is 6.73. The second-order valence-electron chi connectivity index (χ2n) is 10.2. The second-order valence-corrected chi connectivity index (χ2v) is 13.3. The van der Waals surface area contributed by atoms with Crippen molar-refractivity contribution in [1.82, 2.24) is 9.55 Å². The molecular weight excluding hydrogens is 587 g/mol. The Bertz CT molecular complexity index is 1020. The molecule has 232 valence electrons. The zero-order chi connectivity index (χ0) is 29.4. The first-order valence-electron chi connectivity index (χ1n) is 14.4. The molecule has 5 unspecified atom stereocenters. The summed E-state index contributed by atoms with van der Waals surface area (Å²) in [4.78, 5) is 35.2. The van der Waals surface area contributed by atoms with Gasteiger partial charge in [0.1, 0.15) is 18.1 Å². The molecule has 0 saturated carbocycles. The third-order valence-corrected chi connectivity index (χ3v) is 9.36. The summed E-state index contributed by atoms with van der Waals surface area (Å²) in [7, 11) is -9.87. The van der Waals surface area contributed by atoms with Gasteiger partial charge in [-0.25, -0.2) is 13.9 Å². The zero-order valence-corrected chi connectivity index (χ0v) is 28.3. The number of anilines is 1. The number of aliphatic hydroxyl groups is 1. The number of hydrogen-bond donors (Lipinski definition) is 4. The molecule has 0 spiro atoms. The van der Waals surface area contributed by atoms with Crippen LogP contribution in [0.25, 0.3) is 0 Å². The van der Waals surface area contributed by atoms with Crippen LogP contribution in [0.4, 0.5) is 5.82 Å². The number of aromatic nitrogens is 2. The van der Waals surface area contributed by atoms with E-state index in [1.54, 1.807) is 0 Å². The van der Waals surface area contributed by atoms with Crippen molar-refractivity contribution in [3.63, 3.8) is 0 Å². The topological polar surface area (TPSA) is 193 Å². The maximum absolute atomic E-state index is 12.2. The average Bonchev–Trinajstić information content (AvgIpc) is 3.24. The number of hydrogen-bond acceptors (Lipinski definition) is 10. The van der Waals surface area contributed by atoms with Crippen molar-refractivity contribution < 1.29 is 71.7 Å². The normalized spacial score (nSPS) is 21.7. The number of phosphoric ester groups is 2. The van der Waals surface area contributed by atoms with Crippen LogP contribution >= 0.6 is 15.6 Å². The standard InChI is InChI=1S/C25H47N3O10P2.Na/c1-2-3-4-5-6-7-8-9-10-11-12-13-14-15-18-35-39(31,32)38-40(33,34)36-20-22-21(29)19-24(37-22)28-17-16-23(26)27-25(28)30;/h16-17,21-22,24,29H,2-15,18-20H2,1H3,(H,31,32)(H,33,34)(H2,26,27,30);/q;+1. The molecule has 5 atom stereocenters. The van der Waals surface area contributed by atoms with Gasteiger partial charge in [0.2, 0.25) is 0 Å². The molecule has 41 heavy (non-hydrogen) atoms. The fourth-order valence-corrected chi connectivity index (χ4v) is 6.62. The summed E-state index contributed by atoms with van der Waals surface area (Å²) in [5.74, 6) is 0.0260. The molecule has 2 rings (SSSR count). The van der Waals surface area contributed by atoms with Gasteiger partial charge in [-0.1, -0.05) is 90.4 Å². The van der Waals surface area contributed by atoms with Crippen LogP contribution in [0.3, 0.4) is 0 Å². The summed E-state index contributed by atoms with van der Waals surface area (Å²) >= 11 is 0. The van der Waals surface area contributed by atoms with Gasteiger partial charge < -0.3 is 25.4 Å². The van der Waals surface area contributed by atoms with Crippen LogP contribution < -0.4 is 41.0 Å². The van der Waals surface area contributed by atoms with Crippen molar-refractivity contribution in [2.75, 3.05) is 18.9 Å². The molecule has 1 aromatic rings. The summed E-state index contributed by atoms with van der Waals surface area (Å²) in [6, 6.07) is 1.38. The first-order valence-corrected chi connectivity index (χ1v) is 17.4. The molecule has 1 saturated heterocycles. The number of nitrogens with zero attached hydrogens (tertiary/aromatic N) is 2. The molecule has 1 aromatic heterocycles. The number of nitrogen functional groups attached to an aromatic ring is 1. The predicted octanol–water partition coefficient (Wildman–Crippen LogP) is 2.21. The van der Waals surface area contributed by atoms with Gasteiger partial charge in [-0.15, -0.1) is 0 Å².